The highest BCUT2D eigenvalue weighted by Crippen LogP contribution is 2.30. The first-order chi connectivity index (χ1) is 18.5. The van der Waals surface area contributed by atoms with E-state index in [4.69, 9.17) is 9.47 Å². The van der Waals surface area contributed by atoms with Crippen LogP contribution < -0.4 is 15.0 Å². The lowest BCUT2D eigenvalue weighted by atomic mass is 10.1. The minimum absolute atomic E-state index is 0.00179. The van der Waals surface area contributed by atoms with Crippen LogP contribution in [-0.2, 0) is 4.74 Å². The van der Waals surface area contributed by atoms with E-state index in [2.05, 4.69) is 17.1 Å². The third-order valence-corrected chi connectivity index (χ3v) is 6.48. The van der Waals surface area contributed by atoms with Crippen molar-refractivity contribution in [2.75, 3.05) is 50.1 Å². The van der Waals surface area contributed by atoms with Crippen molar-refractivity contribution in [2.24, 2.45) is 0 Å². The molecule has 1 aliphatic rings. The molecule has 0 bridgehead atoms. The van der Waals surface area contributed by atoms with Crippen molar-refractivity contribution in [1.29, 1.82) is 0 Å². The second-order valence-electron chi connectivity index (χ2n) is 9.05. The quantitative estimate of drug-likeness (QED) is 0.323. The van der Waals surface area contributed by atoms with Crippen molar-refractivity contribution in [3.63, 3.8) is 0 Å². The molecule has 2 amide bonds. The molecule has 1 heterocycles. The van der Waals surface area contributed by atoms with E-state index >= 15 is 0 Å². The molecular weight excluding hydrogens is 482 g/mol. The Labute approximate surface area is 223 Å². The smallest absolute Gasteiger partial charge is 0.337 e. The maximum atomic E-state index is 13.1. The summed E-state index contributed by atoms with van der Waals surface area (Å²) in [4.78, 5) is 42.1. The van der Waals surface area contributed by atoms with Crippen molar-refractivity contribution >= 4 is 29.2 Å². The molecule has 8 nitrogen and oxygen atoms in total. The van der Waals surface area contributed by atoms with Crippen LogP contribution in [0.1, 0.15) is 50.8 Å². The number of benzene rings is 3. The fraction of sp³-hybridized carbons (Fsp3) is 0.300. The average molecular weight is 516 g/mol. The number of nitrogens with zero attached hydrogens (tertiary/aromatic N) is 2. The Morgan fingerprint density at radius 2 is 1.53 bits per heavy atom. The normalized spacial score (nSPS) is 13.1. The number of rotatable bonds is 9. The van der Waals surface area contributed by atoms with E-state index in [0.29, 0.717) is 60.9 Å². The Hall–Kier alpha value is -4.33. The molecule has 3 aromatic carbocycles. The number of esters is 1. The van der Waals surface area contributed by atoms with Crippen LogP contribution in [0, 0.1) is 0 Å². The lowest BCUT2D eigenvalue weighted by Gasteiger charge is -2.37. The fourth-order valence-electron chi connectivity index (χ4n) is 4.30. The minimum Gasteiger partial charge on any atom is -0.494 e. The van der Waals surface area contributed by atoms with Crippen LogP contribution in [0.3, 0.4) is 0 Å². The maximum Gasteiger partial charge on any atom is 0.337 e. The lowest BCUT2D eigenvalue weighted by Crippen LogP contribution is -2.49. The van der Waals surface area contributed by atoms with Crippen LogP contribution in [0.2, 0.25) is 0 Å². The van der Waals surface area contributed by atoms with Crippen molar-refractivity contribution in [2.45, 2.75) is 19.8 Å². The number of unbranched alkanes of at least 4 members (excludes halogenated alkanes) is 1. The first-order valence-corrected chi connectivity index (χ1v) is 12.9. The number of amides is 2. The topological polar surface area (TPSA) is 88.2 Å². The van der Waals surface area contributed by atoms with E-state index in [9.17, 15) is 14.4 Å². The summed E-state index contributed by atoms with van der Waals surface area (Å²) < 4.78 is 10.6. The molecule has 0 unspecified atom stereocenters. The van der Waals surface area contributed by atoms with E-state index in [1.807, 2.05) is 35.2 Å². The monoisotopic (exact) mass is 515 g/mol. The molecule has 0 radical (unpaired) electrons. The van der Waals surface area contributed by atoms with Gasteiger partial charge >= 0.3 is 5.97 Å². The first kappa shape index (κ1) is 26.7. The SMILES string of the molecule is CCCCOc1ccc(C(=O)Nc2cc(C(=O)OC)ccc2N2CCN(C(=O)c3ccccc3)CC2)cc1. The van der Waals surface area contributed by atoms with Gasteiger partial charge in [-0.05, 0) is 61.0 Å². The Morgan fingerprint density at radius 1 is 0.842 bits per heavy atom. The highest BCUT2D eigenvalue weighted by atomic mass is 16.5. The molecule has 3 aromatic rings. The summed E-state index contributed by atoms with van der Waals surface area (Å²) in [5, 5.41) is 2.97. The van der Waals surface area contributed by atoms with Gasteiger partial charge in [0, 0.05) is 37.3 Å². The Bertz CT molecular complexity index is 1250. The predicted molar refractivity (Wildman–Crippen MR) is 147 cm³/mol. The zero-order valence-corrected chi connectivity index (χ0v) is 21.8. The van der Waals surface area contributed by atoms with Gasteiger partial charge in [-0.15, -0.1) is 0 Å². The molecule has 1 N–H and O–H groups in total. The first-order valence-electron chi connectivity index (χ1n) is 12.9. The number of hydrogen-bond donors (Lipinski definition) is 1. The Kier molecular flexibility index (Phi) is 8.98. The number of carbonyl (C=O) groups is 3. The van der Waals surface area contributed by atoms with Gasteiger partial charge in [0.25, 0.3) is 11.8 Å². The molecule has 0 saturated carbocycles. The minimum atomic E-state index is -0.487. The summed E-state index contributed by atoms with van der Waals surface area (Å²) in [6.45, 7) is 4.99. The number of hydrogen-bond acceptors (Lipinski definition) is 6. The number of ether oxygens (including phenoxy) is 2. The van der Waals surface area contributed by atoms with Crippen molar-refractivity contribution < 1.29 is 23.9 Å². The van der Waals surface area contributed by atoms with E-state index in [0.717, 1.165) is 18.5 Å². The summed E-state index contributed by atoms with van der Waals surface area (Å²) in [7, 11) is 1.32. The summed E-state index contributed by atoms with van der Waals surface area (Å²) in [6, 6.07) is 21.3. The highest BCUT2D eigenvalue weighted by molar-refractivity contribution is 6.07. The molecule has 1 fully saturated rings. The summed E-state index contributed by atoms with van der Waals surface area (Å²) >= 11 is 0. The van der Waals surface area contributed by atoms with Crippen LogP contribution >= 0.6 is 0 Å². The van der Waals surface area contributed by atoms with Gasteiger partial charge in [0.15, 0.2) is 0 Å². The third kappa shape index (κ3) is 6.51. The van der Waals surface area contributed by atoms with Crippen LogP contribution in [-0.4, -0.2) is 62.6 Å². The van der Waals surface area contributed by atoms with Crippen molar-refractivity contribution in [1.82, 2.24) is 4.90 Å². The zero-order chi connectivity index (χ0) is 26.9. The van der Waals surface area contributed by atoms with Crippen LogP contribution in [0.4, 0.5) is 11.4 Å². The Morgan fingerprint density at radius 3 is 2.18 bits per heavy atom. The van der Waals surface area contributed by atoms with Gasteiger partial charge in [0.05, 0.1) is 30.7 Å². The molecule has 0 atom stereocenters. The van der Waals surface area contributed by atoms with Gasteiger partial charge in [-0.25, -0.2) is 4.79 Å². The molecule has 38 heavy (non-hydrogen) atoms. The van der Waals surface area contributed by atoms with Gasteiger partial charge in [-0.3, -0.25) is 9.59 Å². The van der Waals surface area contributed by atoms with Crippen molar-refractivity contribution in [3.8, 4) is 5.75 Å². The van der Waals surface area contributed by atoms with Crippen molar-refractivity contribution in [3.05, 3.63) is 89.5 Å². The number of nitrogens with one attached hydrogen (secondary N) is 1. The molecule has 0 spiro atoms. The summed E-state index contributed by atoms with van der Waals surface area (Å²) in [5.41, 5.74) is 2.75. The second-order valence-corrected chi connectivity index (χ2v) is 9.05. The maximum absolute atomic E-state index is 13.1. The third-order valence-electron chi connectivity index (χ3n) is 6.48. The fourth-order valence-corrected chi connectivity index (χ4v) is 4.30. The molecule has 0 aromatic heterocycles. The molecular formula is C30H33N3O5. The zero-order valence-electron chi connectivity index (χ0n) is 21.8. The Balaban J connectivity index is 1.49. The van der Waals surface area contributed by atoms with Gasteiger partial charge in [0.1, 0.15) is 5.75 Å². The van der Waals surface area contributed by atoms with E-state index in [-0.39, 0.29) is 11.8 Å². The largest absolute Gasteiger partial charge is 0.494 e. The summed E-state index contributed by atoms with van der Waals surface area (Å²) in [5.74, 6) is -0.0709. The van der Waals surface area contributed by atoms with Crippen LogP contribution in [0.25, 0.3) is 0 Å². The molecule has 1 aliphatic heterocycles. The highest BCUT2D eigenvalue weighted by Gasteiger charge is 2.24. The van der Waals surface area contributed by atoms with E-state index in [1.54, 1.807) is 42.5 Å². The van der Waals surface area contributed by atoms with Crippen LogP contribution in [0.5, 0.6) is 5.75 Å². The van der Waals surface area contributed by atoms with E-state index < -0.39 is 5.97 Å². The number of anilines is 2. The molecule has 4 rings (SSSR count). The summed E-state index contributed by atoms with van der Waals surface area (Å²) in [6.07, 6.45) is 2.02. The number of carbonyl (C=O) groups excluding carboxylic acids is 3. The standard InChI is InChI=1S/C30H33N3O5/c1-3-4-20-38-25-13-10-22(11-14-25)28(34)31-26-21-24(30(36)37-2)12-15-27(26)32-16-18-33(19-17-32)29(35)23-8-6-5-7-9-23/h5-15,21H,3-4,16-20H2,1-2H3,(H,31,34). The molecule has 0 aliphatic carbocycles. The molecule has 8 heteroatoms. The predicted octanol–water partition coefficient (Wildman–Crippen LogP) is 4.87. The van der Waals surface area contributed by atoms with Crippen LogP contribution in [0.15, 0.2) is 72.8 Å². The van der Waals surface area contributed by atoms with Gasteiger partial charge < -0.3 is 24.6 Å². The van der Waals surface area contributed by atoms with Gasteiger partial charge in [-0.1, -0.05) is 31.5 Å². The second kappa shape index (κ2) is 12.8. The average Bonchev–Trinajstić information content (AvgIpc) is 2.97. The lowest BCUT2D eigenvalue weighted by molar-refractivity contribution is 0.0600. The van der Waals surface area contributed by atoms with Gasteiger partial charge in [-0.2, -0.15) is 0 Å². The number of methoxy groups -OCH3 is 1. The molecule has 198 valence electrons. The molecule has 1 saturated heterocycles. The van der Waals surface area contributed by atoms with E-state index in [1.165, 1.54) is 7.11 Å². The van der Waals surface area contributed by atoms with Gasteiger partial charge in [0.2, 0.25) is 0 Å². The number of piperazine rings is 1.